The Morgan fingerprint density at radius 3 is 2.73 bits per heavy atom. The number of nitrogens with zero attached hydrogens (tertiary/aromatic N) is 5. The highest BCUT2D eigenvalue weighted by Crippen LogP contribution is 2.29. The molecule has 0 N–H and O–H groups in total. The van der Waals surface area contributed by atoms with Crippen molar-refractivity contribution in [1.29, 1.82) is 5.26 Å². The molecule has 2 heterocycles. The number of carboxylic acid groups (broad SMARTS) is 1. The topological polar surface area (TPSA) is 113 Å². The Balaban J connectivity index is 2.46. The predicted molar refractivity (Wildman–Crippen MR) is 74.4 cm³/mol. The number of carbonyl (C=O) groups is 2. The van der Waals surface area contributed by atoms with Crippen LogP contribution in [0.25, 0.3) is 0 Å². The van der Waals surface area contributed by atoms with Gasteiger partial charge in [0.1, 0.15) is 11.9 Å². The molecule has 1 aliphatic heterocycles. The molecule has 1 aromatic rings. The van der Waals surface area contributed by atoms with E-state index in [2.05, 4.69) is 9.97 Å². The Labute approximate surface area is 128 Å². The van der Waals surface area contributed by atoms with Crippen LogP contribution < -0.4 is 10.0 Å². The van der Waals surface area contributed by atoms with Gasteiger partial charge >= 0.3 is 6.03 Å². The van der Waals surface area contributed by atoms with Crippen LogP contribution in [0, 0.1) is 16.7 Å². The fourth-order valence-corrected chi connectivity index (χ4v) is 2.23. The number of rotatable bonds is 3. The van der Waals surface area contributed by atoms with Gasteiger partial charge in [0, 0.05) is 18.3 Å². The first-order chi connectivity index (χ1) is 10.2. The minimum atomic E-state index is -1.33. The van der Waals surface area contributed by atoms with Crippen molar-refractivity contribution in [2.45, 2.75) is 27.3 Å². The molecule has 116 valence electrons. The van der Waals surface area contributed by atoms with E-state index in [0.717, 1.165) is 0 Å². The van der Waals surface area contributed by atoms with Gasteiger partial charge in [-0.05, 0) is 5.41 Å². The van der Waals surface area contributed by atoms with Gasteiger partial charge in [0.25, 0.3) is 0 Å². The Kier molecular flexibility index (Phi) is 3.99. The van der Waals surface area contributed by atoms with Gasteiger partial charge in [0.2, 0.25) is 5.82 Å². The predicted octanol–water partition coefficient (Wildman–Crippen LogP) is -0.114. The number of nitriles is 1. The maximum absolute atomic E-state index is 12.5. The van der Waals surface area contributed by atoms with Crippen molar-refractivity contribution in [3.8, 4) is 6.07 Å². The molecule has 0 atom stereocenters. The van der Waals surface area contributed by atoms with Crippen LogP contribution >= 0.6 is 0 Å². The van der Waals surface area contributed by atoms with E-state index < -0.39 is 18.5 Å². The van der Waals surface area contributed by atoms with E-state index in [1.165, 1.54) is 16.0 Å². The average molecular weight is 302 g/mol. The Bertz CT molecular complexity index is 659. The van der Waals surface area contributed by atoms with Crippen LogP contribution in [0.3, 0.4) is 0 Å². The van der Waals surface area contributed by atoms with Crippen LogP contribution in [0.2, 0.25) is 0 Å². The molecule has 0 radical (unpaired) electrons. The number of carboxylic acids is 1. The van der Waals surface area contributed by atoms with Crippen molar-refractivity contribution < 1.29 is 14.7 Å². The number of aliphatic carboxylic acids is 1. The molecule has 0 aromatic carbocycles. The summed E-state index contributed by atoms with van der Waals surface area (Å²) in [5, 5.41) is 19.7. The quantitative estimate of drug-likeness (QED) is 0.769. The first-order valence-electron chi connectivity index (χ1n) is 6.73. The van der Waals surface area contributed by atoms with Crippen molar-refractivity contribution >= 4 is 17.8 Å². The first-order valence-corrected chi connectivity index (χ1v) is 6.73. The van der Waals surface area contributed by atoms with Crippen LogP contribution in [0.15, 0.2) is 6.20 Å². The second kappa shape index (κ2) is 5.60. The van der Waals surface area contributed by atoms with Crippen molar-refractivity contribution in [2.75, 3.05) is 18.0 Å². The van der Waals surface area contributed by atoms with Gasteiger partial charge in [0.15, 0.2) is 0 Å². The van der Waals surface area contributed by atoms with Gasteiger partial charge in [0.05, 0.1) is 19.1 Å². The van der Waals surface area contributed by atoms with Crippen LogP contribution in [0.1, 0.15) is 32.2 Å². The molecule has 0 saturated carbocycles. The molecule has 2 amide bonds. The molecular formula is C14H16N5O3-. The Morgan fingerprint density at radius 1 is 1.50 bits per heavy atom. The molecular weight excluding hydrogens is 286 g/mol. The number of hydrogen-bond acceptors (Lipinski definition) is 6. The maximum Gasteiger partial charge on any atom is 0.326 e. The Hall–Kier alpha value is -2.69. The lowest BCUT2D eigenvalue weighted by molar-refractivity contribution is -0.305. The third-order valence-electron chi connectivity index (χ3n) is 3.01. The zero-order chi connectivity index (χ0) is 16.5. The summed E-state index contributed by atoms with van der Waals surface area (Å²) in [5.74, 6) is -0.998. The van der Waals surface area contributed by atoms with Crippen molar-refractivity contribution in [1.82, 2.24) is 14.9 Å². The first kappa shape index (κ1) is 15.7. The van der Waals surface area contributed by atoms with Gasteiger partial charge in [-0.3, -0.25) is 4.90 Å². The number of fused-ring (bicyclic) bond motifs is 1. The summed E-state index contributed by atoms with van der Waals surface area (Å²) < 4.78 is 0. The van der Waals surface area contributed by atoms with E-state index in [9.17, 15) is 14.7 Å². The summed E-state index contributed by atoms with van der Waals surface area (Å²) >= 11 is 0. The maximum atomic E-state index is 12.5. The number of hydrogen-bond donors (Lipinski definition) is 0. The highest BCUT2D eigenvalue weighted by Gasteiger charge is 2.34. The van der Waals surface area contributed by atoms with Gasteiger partial charge < -0.3 is 14.8 Å². The smallest absolute Gasteiger partial charge is 0.326 e. The fraction of sp³-hybridized carbons (Fsp3) is 0.500. The Morgan fingerprint density at radius 2 is 2.18 bits per heavy atom. The summed E-state index contributed by atoms with van der Waals surface area (Å²) in [4.78, 5) is 33.9. The fourth-order valence-electron chi connectivity index (χ4n) is 2.23. The standard InChI is InChI=1S/C14H17N5O3/c1-14(2,3)8-19-12-9(5-16-10(4-15)17-12)6-18(13(19)22)7-11(20)21/h5H,6-8H2,1-3H3,(H,20,21)/p-1. The minimum absolute atomic E-state index is 0.0289. The molecule has 22 heavy (non-hydrogen) atoms. The summed E-state index contributed by atoms with van der Waals surface area (Å²) in [6, 6.07) is 1.38. The lowest BCUT2D eigenvalue weighted by Crippen LogP contribution is -2.53. The normalized spacial score (nSPS) is 14.5. The van der Waals surface area contributed by atoms with Crippen LogP contribution in [-0.4, -0.2) is 40.0 Å². The van der Waals surface area contributed by atoms with Crippen molar-refractivity contribution in [2.24, 2.45) is 5.41 Å². The molecule has 1 aliphatic rings. The average Bonchev–Trinajstić information content (AvgIpc) is 2.41. The number of aromatic nitrogens is 2. The highest BCUT2D eigenvalue weighted by molar-refractivity contribution is 5.95. The van der Waals surface area contributed by atoms with Gasteiger partial charge in [-0.15, -0.1) is 0 Å². The number of anilines is 1. The molecule has 2 rings (SSSR count). The number of urea groups is 1. The van der Waals surface area contributed by atoms with Crippen molar-refractivity contribution in [3.05, 3.63) is 17.6 Å². The monoisotopic (exact) mass is 302 g/mol. The van der Waals surface area contributed by atoms with E-state index in [0.29, 0.717) is 17.9 Å². The van der Waals surface area contributed by atoms with E-state index in [4.69, 9.17) is 5.26 Å². The number of carbonyl (C=O) groups excluding carboxylic acids is 2. The molecule has 8 nitrogen and oxygen atoms in total. The van der Waals surface area contributed by atoms with Gasteiger partial charge in [-0.25, -0.2) is 14.8 Å². The summed E-state index contributed by atoms with van der Waals surface area (Å²) in [5.41, 5.74) is 0.374. The van der Waals surface area contributed by atoms with Crippen LogP contribution in [-0.2, 0) is 11.3 Å². The molecule has 8 heteroatoms. The number of amides is 2. The second-order valence-electron chi connectivity index (χ2n) is 6.31. The van der Waals surface area contributed by atoms with Crippen LogP contribution in [0.5, 0.6) is 0 Å². The third-order valence-corrected chi connectivity index (χ3v) is 3.01. The van der Waals surface area contributed by atoms with Crippen LogP contribution in [0.4, 0.5) is 10.6 Å². The summed E-state index contributed by atoms with van der Waals surface area (Å²) in [6.45, 7) is 5.76. The van der Waals surface area contributed by atoms with Crippen molar-refractivity contribution in [3.63, 3.8) is 0 Å². The molecule has 0 bridgehead atoms. The van der Waals surface area contributed by atoms with Gasteiger partial charge in [-0.2, -0.15) is 5.26 Å². The van der Waals surface area contributed by atoms with E-state index in [-0.39, 0.29) is 17.8 Å². The van der Waals surface area contributed by atoms with E-state index >= 15 is 0 Å². The minimum Gasteiger partial charge on any atom is -0.548 e. The summed E-state index contributed by atoms with van der Waals surface area (Å²) in [6.07, 6.45) is 1.45. The van der Waals surface area contributed by atoms with E-state index in [1.807, 2.05) is 26.8 Å². The molecule has 0 fully saturated rings. The summed E-state index contributed by atoms with van der Waals surface area (Å²) in [7, 11) is 0. The zero-order valence-electron chi connectivity index (χ0n) is 12.7. The van der Waals surface area contributed by atoms with E-state index in [1.54, 1.807) is 0 Å². The highest BCUT2D eigenvalue weighted by atomic mass is 16.4. The molecule has 0 unspecified atom stereocenters. The largest absolute Gasteiger partial charge is 0.548 e. The molecule has 1 aromatic heterocycles. The second-order valence-corrected chi connectivity index (χ2v) is 6.31. The SMILES string of the molecule is CC(C)(C)CN1C(=O)N(CC(=O)[O-])Cc2cnc(C#N)nc21. The van der Waals surface area contributed by atoms with Gasteiger partial charge in [-0.1, -0.05) is 20.8 Å². The lowest BCUT2D eigenvalue weighted by atomic mass is 9.95. The molecule has 0 saturated heterocycles. The third kappa shape index (κ3) is 3.31. The lowest BCUT2D eigenvalue weighted by Gasteiger charge is -2.38. The molecule has 0 aliphatic carbocycles. The molecule has 0 spiro atoms. The zero-order valence-corrected chi connectivity index (χ0v) is 12.7.